The van der Waals surface area contributed by atoms with Crippen molar-refractivity contribution in [1.82, 2.24) is 9.88 Å². The molecule has 0 bridgehead atoms. The molecule has 0 amide bonds. The largest absolute Gasteiger partial charge is 0.494 e. The van der Waals surface area contributed by atoms with E-state index in [1.165, 1.54) is 19.4 Å². The van der Waals surface area contributed by atoms with Gasteiger partial charge in [0, 0.05) is 17.6 Å². The summed E-state index contributed by atoms with van der Waals surface area (Å²) in [6.45, 7) is 5.84. The third-order valence-corrected chi connectivity index (χ3v) is 4.36. The van der Waals surface area contributed by atoms with Gasteiger partial charge in [0.2, 0.25) is 0 Å². The van der Waals surface area contributed by atoms with E-state index in [2.05, 4.69) is 29.6 Å². The molecule has 1 fully saturated rings. The normalized spacial score (nSPS) is 19.0. The molecule has 1 aliphatic rings. The van der Waals surface area contributed by atoms with Gasteiger partial charge in [-0.05, 0) is 62.7 Å². The molecule has 0 N–H and O–H groups in total. The molecule has 1 saturated heterocycles. The summed E-state index contributed by atoms with van der Waals surface area (Å²) >= 11 is 0. The molecular formula is C18H22N2O. The van der Waals surface area contributed by atoms with Crippen LogP contribution in [0.3, 0.4) is 0 Å². The third kappa shape index (κ3) is 3.08. The molecule has 0 saturated carbocycles. The lowest BCUT2D eigenvalue weighted by molar-refractivity contribution is 0.233. The summed E-state index contributed by atoms with van der Waals surface area (Å²) in [6.07, 6.45) is 7.38. The highest BCUT2D eigenvalue weighted by molar-refractivity contribution is 5.88. The van der Waals surface area contributed by atoms with Gasteiger partial charge in [-0.1, -0.05) is 12.7 Å². The Kier molecular flexibility index (Phi) is 4.20. The van der Waals surface area contributed by atoms with E-state index in [-0.39, 0.29) is 0 Å². The molecule has 1 unspecified atom stereocenters. The number of hydrogen-bond acceptors (Lipinski definition) is 3. The van der Waals surface area contributed by atoms with Gasteiger partial charge in [0.05, 0.1) is 12.1 Å². The number of pyridine rings is 1. The highest BCUT2D eigenvalue weighted by Gasteiger charge is 2.20. The maximum Gasteiger partial charge on any atom is 0.120 e. The maximum atomic E-state index is 5.94. The molecule has 2 aromatic rings. The first-order chi connectivity index (χ1) is 10.3. The molecule has 1 aromatic carbocycles. The molecule has 3 nitrogen and oxygen atoms in total. The molecule has 3 rings (SSSR count). The first kappa shape index (κ1) is 14.1. The average Bonchev–Trinajstić information content (AvgIpc) is 2.92. The first-order valence-corrected chi connectivity index (χ1v) is 7.62. The van der Waals surface area contributed by atoms with Crippen LogP contribution in [0, 0.1) is 0 Å². The minimum atomic E-state index is 0.677. The second-order valence-corrected chi connectivity index (χ2v) is 5.70. The van der Waals surface area contributed by atoms with E-state index in [0.717, 1.165) is 35.2 Å². The minimum Gasteiger partial charge on any atom is -0.494 e. The number of nitrogens with zero attached hydrogens (tertiary/aromatic N) is 2. The summed E-state index contributed by atoms with van der Waals surface area (Å²) in [7, 11) is 2.20. The van der Waals surface area contributed by atoms with Gasteiger partial charge in [-0.3, -0.25) is 4.98 Å². The molecule has 1 aliphatic heterocycles. The lowest BCUT2D eigenvalue weighted by atomic mass is 10.1. The number of likely N-dealkylation sites (tertiary alicyclic amines) is 1. The van der Waals surface area contributed by atoms with E-state index in [1.807, 2.05) is 30.5 Å². The van der Waals surface area contributed by atoms with E-state index in [9.17, 15) is 0 Å². The zero-order valence-electron chi connectivity index (χ0n) is 12.6. The summed E-state index contributed by atoms with van der Waals surface area (Å²) in [5.74, 6) is 0.916. The van der Waals surface area contributed by atoms with Crippen molar-refractivity contribution >= 4 is 17.0 Å². The number of hydrogen-bond donors (Lipinski definition) is 0. The van der Waals surface area contributed by atoms with Crippen LogP contribution < -0.4 is 4.74 Å². The molecule has 2 heterocycles. The van der Waals surface area contributed by atoms with Crippen molar-refractivity contribution in [3.05, 3.63) is 42.6 Å². The molecule has 21 heavy (non-hydrogen) atoms. The van der Waals surface area contributed by atoms with Gasteiger partial charge in [-0.15, -0.1) is 0 Å². The molecule has 0 radical (unpaired) electrons. The van der Waals surface area contributed by atoms with Crippen LogP contribution in [0.15, 0.2) is 37.0 Å². The van der Waals surface area contributed by atoms with Crippen molar-refractivity contribution < 1.29 is 4.74 Å². The fourth-order valence-corrected chi connectivity index (χ4v) is 3.07. The van der Waals surface area contributed by atoms with Gasteiger partial charge in [-0.25, -0.2) is 0 Å². The molecule has 1 atom stereocenters. The summed E-state index contributed by atoms with van der Waals surface area (Å²) < 4.78 is 5.94. The lowest BCUT2D eigenvalue weighted by Crippen LogP contribution is -2.26. The highest BCUT2D eigenvalue weighted by atomic mass is 16.5. The highest BCUT2D eigenvalue weighted by Crippen LogP contribution is 2.24. The van der Waals surface area contributed by atoms with Gasteiger partial charge in [0.25, 0.3) is 0 Å². The van der Waals surface area contributed by atoms with Crippen LogP contribution in [0.2, 0.25) is 0 Å². The quantitative estimate of drug-likeness (QED) is 0.835. The van der Waals surface area contributed by atoms with Crippen molar-refractivity contribution in [2.45, 2.75) is 25.3 Å². The number of rotatable bonds is 5. The molecule has 0 aliphatic carbocycles. The monoisotopic (exact) mass is 282 g/mol. The third-order valence-electron chi connectivity index (χ3n) is 4.36. The number of fused-ring (bicyclic) bond motifs is 1. The molecule has 3 heteroatoms. The van der Waals surface area contributed by atoms with E-state index < -0.39 is 0 Å². The first-order valence-electron chi connectivity index (χ1n) is 7.62. The van der Waals surface area contributed by atoms with Crippen molar-refractivity contribution in [2.24, 2.45) is 0 Å². The smallest absolute Gasteiger partial charge is 0.120 e. The molecular weight excluding hydrogens is 260 g/mol. The van der Waals surface area contributed by atoms with Crippen molar-refractivity contribution in [1.29, 1.82) is 0 Å². The Bertz CT molecular complexity index is 638. The SMILES string of the molecule is C=Cc1ccnc2ccc(OCCC3CCCN3C)cc12. The number of ether oxygens (including phenoxy) is 1. The number of benzene rings is 1. The van der Waals surface area contributed by atoms with Crippen molar-refractivity contribution in [3.63, 3.8) is 0 Å². The van der Waals surface area contributed by atoms with E-state index in [1.54, 1.807) is 0 Å². The Morgan fingerprint density at radius 3 is 3.10 bits per heavy atom. The van der Waals surface area contributed by atoms with Crippen LogP contribution in [-0.4, -0.2) is 36.1 Å². The van der Waals surface area contributed by atoms with Crippen LogP contribution in [-0.2, 0) is 0 Å². The van der Waals surface area contributed by atoms with Gasteiger partial charge < -0.3 is 9.64 Å². The fourth-order valence-electron chi connectivity index (χ4n) is 3.07. The molecule has 110 valence electrons. The Hall–Kier alpha value is -1.87. The summed E-state index contributed by atoms with van der Waals surface area (Å²) in [5, 5.41) is 1.10. The summed E-state index contributed by atoms with van der Waals surface area (Å²) in [6, 6.07) is 8.74. The van der Waals surface area contributed by atoms with E-state index in [0.29, 0.717) is 6.04 Å². The Morgan fingerprint density at radius 2 is 2.33 bits per heavy atom. The summed E-state index contributed by atoms with van der Waals surface area (Å²) in [4.78, 5) is 6.81. The van der Waals surface area contributed by atoms with E-state index >= 15 is 0 Å². The van der Waals surface area contributed by atoms with Crippen LogP contribution in [0.1, 0.15) is 24.8 Å². The van der Waals surface area contributed by atoms with E-state index in [4.69, 9.17) is 4.74 Å². The van der Waals surface area contributed by atoms with Crippen molar-refractivity contribution in [2.75, 3.05) is 20.2 Å². The van der Waals surface area contributed by atoms with Crippen LogP contribution in [0.4, 0.5) is 0 Å². The topological polar surface area (TPSA) is 25.4 Å². The maximum absolute atomic E-state index is 5.94. The summed E-state index contributed by atoms with van der Waals surface area (Å²) in [5.41, 5.74) is 2.08. The Balaban J connectivity index is 1.68. The standard InChI is InChI=1S/C18H22N2O/c1-3-14-8-10-19-18-7-6-16(13-17(14)18)21-12-9-15-5-4-11-20(15)2/h3,6-8,10,13,15H,1,4-5,9,11-12H2,2H3. The predicted molar refractivity (Wildman–Crippen MR) is 87.6 cm³/mol. The predicted octanol–water partition coefficient (Wildman–Crippen LogP) is 3.74. The van der Waals surface area contributed by atoms with Crippen LogP contribution in [0.5, 0.6) is 5.75 Å². The van der Waals surface area contributed by atoms with Gasteiger partial charge in [0.15, 0.2) is 0 Å². The fraction of sp³-hybridized carbons (Fsp3) is 0.389. The lowest BCUT2D eigenvalue weighted by Gasteiger charge is -2.19. The Morgan fingerprint density at radius 1 is 1.43 bits per heavy atom. The second kappa shape index (κ2) is 6.27. The molecule has 1 aromatic heterocycles. The zero-order valence-corrected chi connectivity index (χ0v) is 12.6. The average molecular weight is 282 g/mol. The van der Waals surface area contributed by atoms with Crippen LogP contribution >= 0.6 is 0 Å². The number of aromatic nitrogens is 1. The van der Waals surface area contributed by atoms with Crippen LogP contribution in [0.25, 0.3) is 17.0 Å². The van der Waals surface area contributed by atoms with Gasteiger partial charge in [0.1, 0.15) is 5.75 Å². The second-order valence-electron chi connectivity index (χ2n) is 5.70. The zero-order chi connectivity index (χ0) is 14.7. The minimum absolute atomic E-state index is 0.677. The van der Waals surface area contributed by atoms with Gasteiger partial charge in [-0.2, -0.15) is 0 Å². The van der Waals surface area contributed by atoms with Crippen molar-refractivity contribution in [3.8, 4) is 5.75 Å². The Labute approximate surface area is 126 Å². The van der Waals surface area contributed by atoms with Gasteiger partial charge >= 0.3 is 0 Å². The molecule has 0 spiro atoms.